The summed E-state index contributed by atoms with van der Waals surface area (Å²) in [6.07, 6.45) is 0.881. The molecule has 0 radical (unpaired) electrons. The molecule has 1 fully saturated rings. The molecule has 1 amide bonds. The fourth-order valence-electron chi connectivity index (χ4n) is 3.76. The molecule has 1 aliphatic rings. The number of aromatic amines is 1. The quantitative estimate of drug-likeness (QED) is 0.656. The molecular formula is C23H26N4O3. The summed E-state index contributed by atoms with van der Waals surface area (Å²) < 4.78 is 10.4. The second-order valence-corrected chi connectivity index (χ2v) is 7.45. The van der Waals surface area contributed by atoms with Crippen LogP contribution < -0.4 is 19.7 Å². The van der Waals surface area contributed by atoms with Crippen molar-refractivity contribution in [2.45, 2.75) is 19.4 Å². The van der Waals surface area contributed by atoms with Gasteiger partial charge in [-0.1, -0.05) is 0 Å². The highest BCUT2D eigenvalue weighted by atomic mass is 16.5. The number of hydrogen-bond donors (Lipinski definition) is 2. The minimum Gasteiger partial charge on any atom is -0.497 e. The molecule has 1 saturated heterocycles. The number of aromatic nitrogens is 2. The van der Waals surface area contributed by atoms with Crippen molar-refractivity contribution in [3.63, 3.8) is 0 Å². The maximum atomic E-state index is 12.7. The van der Waals surface area contributed by atoms with Gasteiger partial charge in [0.25, 0.3) is 5.91 Å². The lowest BCUT2D eigenvalue weighted by Gasteiger charge is -2.16. The van der Waals surface area contributed by atoms with E-state index >= 15 is 0 Å². The fraction of sp³-hybridized carbons (Fsp3) is 0.304. The fourth-order valence-corrected chi connectivity index (χ4v) is 3.76. The van der Waals surface area contributed by atoms with E-state index in [0.717, 1.165) is 53.6 Å². The minimum atomic E-state index is -0.0528. The molecule has 0 spiro atoms. The molecule has 0 bridgehead atoms. The van der Waals surface area contributed by atoms with Gasteiger partial charge in [-0.05, 0) is 66.9 Å². The number of rotatable bonds is 6. The lowest BCUT2D eigenvalue weighted by molar-refractivity contribution is 0.0939. The van der Waals surface area contributed by atoms with Crippen molar-refractivity contribution in [3.05, 3.63) is 59.7 Å². The number of carbonyl (C=O) groups is 1. The first kappa shape index (κ1) is 19.8. The summed E-state index contributed by atoms with van der Waals surface area (Å²) in [6.45, 7) is 3.50. The summed E-state index contributed by atoms with van der Waals surface area (Å²) in [5.74, 6) is 2.41. The van der Waals surface area contributed by atoms with Crippen LogP contribution in [0, 0.1) is 6.92 Å². The molecule has 0 saturated carbocycles. The molecule has 4 rings (SSSR count). The minimum absolute atomic E-state index is 0.0528. The SMILES string of the molecule is COc1ccc(-c2cc(N3CC[C@H](NC(=O)c4ccc(OC)cc4C)C3)n[nH]2)cc1. The highest BCUT2D eigenvalue weighted by molar-refractivity contribution is 5.96. The first-order valence-corrected chi connectivity index (χ1v) is 9.97. The van der Waals surface area contributed by atoms with Gasteiger partial charge in [0.2, 0.25) is 0 Å². The molecule has 2 aromatic carbocycles. The van der Waals surface area contributed by atoms with Gasteiger partial charge in [0.1, 0.15) is 11.5 Å². The van der Waals surface area contributed by atoms with Crippen molar-refractivity contribution in [2.75, 3.05) is 32.2 Å². The van der Waals surface area contributed by atoms with Crippen LogP contribution in [0.25, 0.3) is 11.3 Å². The molecule has 156 valence electrons. The molecule has 7 nitrogen and oxygen atoms in total. The number of methoxy groups -OCH3 is 2. The Morgan fingerprint density at radius 1 is 1.10 bits per heavy atom. The number of hydrogen-bond acceptors (Lipinski definition) is 5. The highest BCUT2D eigenvalue weighted by Gasteiger charge is 2.26. The summed E-state index contributed by atoms with van der Waals surface area (Å²) in [6, 6.07) is 15.5. The zero-order chi connectivity index (χ0) is 21.1. The lowest BCUT2D eigenvalue weighted by atomic mass is 10.1. The van der Waals surface area contributed by atoms with Gasteiger partial charge in [-0.3, -0.25) is 9.89 Å². The van der Waals surface area contributed by atoms with Crippen molar-refractivity contribution in [1.29, 1.82) is 0 Å². The van der Waals surface area contributed by atoms with Crippen LogP contribution in [-0.2, 0) is 0 Å². The van der Waals surface area contributed by atoms with E-state index in [1.165, 1.54) is 0 Å². The van der Waals surface area contributed by atoms with Crippen LogP contribution in [0.2, 0.25) is 0 Å². The summed E-state index contributed by atoms with van der Waals surface area (Å²) in [4.78, 5) is 14.9. The Morgan fingerprint density at radius 3 is 2.53 bits per heavy atom. The van der Waals surface area contributed by atoms with E-state index in [1.54, 1.807) is 14.2 Å². The Hall–Kier alpha value is -3.48. The number of ether oxygens (including phenoxy) is 2. The van der Waals surface area contributed by atoms with Gasteiger partial charge in [-0.15, -0.1) is 0 Å². The van der Waals surface area contributed by atoms with Crippen molar-refractivity contribution >= 4 is 11.7 Å². The predicted molar refractivity (Wildman–Crippen MR) is 116 cm³/mol. The summed E-state index contributed by atoms with van der Waals surface area (Å²) >= 11 is 0. The van der Waals surface area contributed by atoms with E-state index in [4.69, 9.17) is 9.47 Å². The zero-order valence-corrected chi connectivity index (χ0v) is 17.4. The Bertz CT molecular complexity index is 1030. The van der Waals surface area contributed by atoms with Crippen molar-refractivity contribution in [3.8, 4) is 22.8 Å². The highest BCUT2D eigenvalue weighted by Crippen LogP contribution is 2.26. The van der Waals surface area contributed by atoms with Crippen LogP contribution in [-0.4, -0.2) is 49.5 Å². The first-order valence-electron chi connectivity index (χ1n) is 9.97. The third-order valence-corrected chi connectivity index (χ3v) is 5.49. The topological polar surface area (TPSA) is 79.5 Å². The third-order valence-electron chi connectivity index (χ3n) is 5.49. The van der Waals surface area contributed by atoms with Gasteiger partial charge in [0.15, 0.2) is 5.82 Å². The van der Waals surface area contributed by atoms with E-state index < -0.39 is 0 Å². The molecule has 1 aromatic heterocycles. The molecule has 2 N–H and O–H groups in total. The number of carbonyl (C=O) groups excluding carboxylic acids is 1. The normalized spacial score (nSPS) is 15.8. The average molecular weight is 406 g/mol. The Balaban J connectivity index is 1.38. The van der Waals surface area contributed by atoms with Crippen LogP contribution in [0.5, 0.6) is 11.5 Å². The van der Waals surface area contributed by atoms with E-state index in [2.05, 4.69) is 20.4 Å². The van der Waals surface area contributed by atoms with E-state index in [9.17, 15) is 4.79 Å². The first-order chi connectivity index (χ1) is 14.6. The zero-order valence-electron chi connectivity index (χ0n) is 17.4. The van der Waals surface area contributed by atoms with E-state index in [1.807, 2.05) is 55.5 Å². The van der Waals surface area contributed by atoms with Gasteiger partial charge in [-0.25, -0.2) is 0 Å². The molecule has 0 unspecified atom stereocenters. The predicted octanol–water partition coefficient (Wildman–Crippen LogP) is 3.41. The largest absolute Gasteiger partial charge is 0.497 e. The maximum absolute atomic E-state index is 12.7. The maximum Gasteiger partial charge on any atom is 0.251 e. The van der Waals surface area contributed by atoms with E-state index in [-0.39, 0.29) is 11.9 Å². The number of nitrogens with one attached hydrogen (secondary N) is 2. The monoisotopic (exact) mass is 406 g/mol. The van der Waals surface area contributed by atoms with Gasteiger partial charge < -0.3 is 19.7 Å². The molecule has 3 aromatic rings. The molecular weight excluding hydrogens is 380 g/mol. The molecule has 1 atom stereocenters. The lowest BCUT2D eigenvalue weighted by Crippen LogP contribution is -2.37. The van der Waals surface area contributed by atoms with Crippen molar-refractivity contribution in [1.82, 2.24) is 15.5 Å². The number of amides is 1. The molecule has 30 heavy (non-hydrogen) atoms. The van der Waals surface area contributed by atoms with Crippen LogP contribution in [0.4, 0.5) is 5.82 Å². The number of nitrogens with zero attached hydrogens (tertiary/aromatic N) is 2. The van der Waals surface area contributed by atoms with Crippen LogP contribution in [0.1, 0.15) is 22.3 Å². The number of H-pyrrole nitrogens is 1. The van der Waals surface area contributed by atoms with Gasteiger partial charge in [0, 0.05) is 30.8 Å². The second kappa shape index (κ2) is 8.49. The molecule has 0 aliphatic carbocycles. The van der Waals surface area contributed by atoms with Gasteiger partial charge in [-0.2, -0.15) is 5.10 Å². The Kier molecular flexibility index (Phi) is 5.61. The summed E-state index contributed by atoms with van der Waals surface area (Å²) in [5.41, 5.74) is 3.58. The van der Waals surface area contributed by atoms with Crippen LogP contribution in [0.15, 0.2) is 48.5 Å². The molecule has 2 heterocycles. The molecule has 1 aliphatic heterocycles. The van der Waals surface area contributed by atoms with Gasteiger partial charge >= 0.3 is 0 Å². The number of anilines is 1. The number of benzene rings is 2. The standard InChI is InChI=1S/C23H26N4O3/c1-15-12-19(30-3)8-9-20(15)23(28)24-17-10-11-27(14-17)22-13-21(25-26-22)16-4-6-18(29-2)7-5-16/h4-9,12-13,17H,10-11,14H2,1-3H3,(H,24,28)(H,25,26)/t17-/m0/s1. The summed E-state index contributed by atoms with van der Waals surface area (Å²) in [5, 5.41) is 10.7. The third kappa shape index (κ3) is 4.10. The average Bonchev–Trinajstić information content (AvgIpc) is 3.43. The molecule has 7 heteroatoms. The van der Waals surface area contributed by atoms with Crippen molar-refractivity contribution in [2.24, 2.45) is 0 Å². The van der Waals surface area contributed by atoms with Crippen LogP contribution in [0.3, 0.4) is 0 Å². The Labute approximate surface area is 176 Å². The second-order valence-electron chi connectivity index (χ2n) is 7.45. The van der Waals surface area contributed by atoms with E-state index in [0.29, 0.717) is 5.56 Å². The summed E-state index contributed by atoms with van der Waals surface area (Å²) in [7, 11) is 3.28. The number of aryl methyl sites for hydroxylation is 1. The van der Waals surface area contributed by atoms with Gasteiger partial charge in [0.05, 0.1) is 19.9 Å². The van der Waals surface area contributed by atoms with Crippen LogP contribution >= 0.6 is 0 Å². The Morgan fingerprint density at radius 2 is 1.83 bits per heavy atom. The smallest absolute Gasteiger partial charge is 0.251 e. The van der Waals surface area contributed by atoms with Crippen molar-refractivity contribution < 1.29 is 14.3 Å².